The van der Waals surface area contributed by atoms with E-state index in [0.717, 1.165) is 11.3 Å². The van der Waals surface area contributed by atoms with Crippen LogP contribution in [0.4, 0.5) is 0 Å². The highest BCUT2D eigenvalue weighted by Crippen LogP contribution is 2.35. The molecule has 0 bridgehead atoms. The first-order valence-corrected chi connectivity index (χ1v) is 10.0. The molecule has 0 unspecified atom stereocenters. The molecular formula is C22H23N3O4. The van der Waals surface area contributed by atoms with Crippen molar-refractivity contribution >= 4 is 11.8 Å². The normalized spacial score (nSPS) is 27.2. The Hall–Kier alpha value is -2.93. The minimum Gasteiger partial charge on any atom is -0.480 e. The first-order chi connectivity index (χ1) is 14.2. The summed E-state index contributed by atoms with van der Waals surface area (Å²) in [6.45, 7) is 2.39. The minimum absolute atomic E-state index is 0.0266. The zero-order chi connectivity index (χ0) is 19.8. The van der Waals surface area contributed by atoms with Crippen LogP contribution >= 0.6 is 0 Å². The lowest BCUT2D eigenvalue weighted by Crippen LogP contribution is -2.41. The number of aromatic nitrogens is 1. The quantitative estimate of drug-likeness (QED) is 0.847. The van der Waals surface area contributed by atoms with Crippen molar-refractivity contribution < 1.29 is 19.1 Å². The second kappa shape index (κ2) is 7.48. The number of pyridine rings is 1. The molecule has 5 rings (SSSR count). The Morgan fingerprint density at radius 1 is 1.14 bits per heavy atom. The van der Waals surface area contributed by atoms with Gasteiger partial charge < -0.3 is 19.7 Å². The number of fused-ring (bicyclic) bond motifs is 2. The number of benzene rings is 1. The fraction of sp³-hybridized carbons (Fsp3) is 0.409. The second-order valence-electron chi connectivity index (χ2n) is 7.90. The highest BCUT2D eigenvalue weighted by atomic mass is 16.5. The number of rotatable bonds is 4. The molecule has 2 amide bonds. The molecule has 1 aromatic heterocycles. The predicted molar refractivity (Wildman–Crippen MR) is 104 cm³/mol. The highest BCUT2D eigenvalue weighted by Gasteiger charge is 2.47. The molecule has 0 spiro atoms. The number of nitrogens with one attached hydrogen (secondary N) is 1. The molecule has 0 radical (unpaired) electrons. The van der Waals surface area contributed by atoms with Crippen LogP contribution in [0.5, 0.6) is 5.75 Å². The average molecular weight is 393 g/mol. The maximum atomic E-state index is 13.0. The standard InChI is InChI=1S/C22H23N3O4/c26-21(14-5-7-23-8-6-14)24-10-16-13-28-20-12-25(11-17(16)20)22(27)19-9-15-3-1-2-4-18(15)29-19/h1-8,16-17,19-20H,9-13H2,(H,24,26)/t16-,17-,19+,20-/m1/s1. The molecule has 7 heteroatoms. The maximum absolute atomic E-state index is 13.0. The molecule has 0 saturated carbocycles. The number of nitrogens with zero attached hydrogens (tertiary/aromatic N) is 2. The molecule has 2 saturated heterocycles. The van der Waals surface area contributed by atoms with E-state index in [-0.39, 0.29) is 29.8 Å². The van der Waals surface area contributed by atoms with Gasteiger partial charge in [0, 0.05) is 55.8 Å². The van der Waals surface area contributed by atoms with Gasteiger partial charge in [0.15, 0.2) is 6.10 Å². The lowest BCUT2D eigenvalue weighted by Gasteiger charge is -2.22. The predicted octanol–water partition coefficient (Wildman–Crippen LogP) is 1.29. The van der Waals surface area contributed by atoms with Gasteiger partial charge in [-0.1, -0.05) is 18.2 Å². The van der Waals surface area contributed by atoms with Gasteiger partial charge in [-0.3, -0.25) is 14.6 Å². The Kier molecular flexibility index (Phi) is 4.67. The lowest BCUT2D eigenvalue weighted by molar-refractivity contribution is -0.137. The molecule has 0 aliphatic carbocycles. The number of para-hydroxylation sites is 1. The van der Waals surface area contributed by atoms with Crippen LogP contribution in [0.2, 0.25) is 0 Å². The fourth-order valence-electron chi connectivity index (χ4n) is 4.54. The van der Waals surface area contributed by atoms with E-state index in [9.17, 15) is 9.59 Å². The molecule has 4 heterocycles. The molecule has 7 nitrogen and oxygen atoms in total. The topological polar surface area (TPSA) is 80.8 Å². The summed E-state index contributed by atoms with van der Waals surface area (Å²) >= 11 is 0. The van der Waals surface area contributed by atoms with E-state index in [1.165, 1.54) is 0 Å². The van der Waals surface area contributed by atoms with Gasteiger partial charge in [0.2, 0.25) is 0 Å². The number of likely N-dealkylation sites (tertiary alicyclic amines) is 1. The molecular weight excluding hydrogens is 370 g/mol. The SMILES string of the molecule is O=C(NC[C@@H]1CO[C@@H]2CN(C(=O)[C@@H]3Cc4ccccc4O3)C[C@H]12)c1ccncc1. The Balaban J connectivity index is 1.17. The summed E-state index contributed by atoms with van der Waals surface area (Å²) < 4.78 is 11.8. The van der Waals surface area contributed by atoms with Gasteiger partial charge in [-0.2, -0.15) is 0 Å². The van der Waals surface area contributed by atoms with Crippen molar-refractivity contribution in [1.82, 2.24) is 15.2 Å². The summed E-state index contributed by atoms with van der Waals surface area (Å²) in [4.78, 5) is 31.1. The van der Waals surface area contributed by atoms with E-state index < -0.39 is 6.10 Å². The van der Waals surface area contributed by atoms with Crippen molar-refractivity contribution in [3.63, 3.8) is 0 Å². The second-order valence-corrected chi connectivity index (χ2v) is 7.90. The number of amides is 2. The van der Waals surface area contributed by atoms with Gasteiger partial charge >= 0.3 is 0 Å². The number of carbonyl (C=O) groups is 2. The van der Waals surface area contributed by atoms with E-state index in [2.05, 4.69) is 10.3 Å². The smallest absolute Gasteiger partial charge is 0.264 e. The van der Waals surface area contributed by atoms with E-state index in [0.29, 0.717) is 38.2 Å². The lowest BCUT2D eigenvalue weighted by atomic mass is 9.93. The van der Waals surface area contributed by atoms with E-state index >= 15 is 0 Å². The summed E-state index contributed by atoms with van der Waals surface area (Å²) in [5, 5.41) is 2.99. The minimum atomic E-state index is -0.448. The van der Waals surface area contributed by atoms with Crippen molar-refractivity contribution in [1.29, 1.82) is 0 Å². The van der Waals surface area contributed by atoms with Crippen LogP contribution in [0, 0.1) is 11.8 Å². The third-order valence-electron chi connectivity index (χ3n) is 6.14. The Bertz CT molecular complexity index is 894. The van der Waals surface area contributed by atoms with Crippen LogP contribution < -0.4 is 10.1 Å². The third-order valence-corrected chi connectivity index (χ3v) is 6.14. The molecule has 1 aromatic carbocycles. The first kappa shape index (κ1) is 18.1. The van der Waals surface area contributed by atoms with Crippen LogP contribution in [0.25, 0.3) is 0 Å². The van der Waals surface area contributed by atoms with Crippen LogP contribution in [-0.2, 0) is 16.0 Å². The van der Waals surface area contributed by atoms with Gasteiger partial charge in [-0.25, -0.2) is 0 Å². The van der Waals surface area contributed by atoms with Crippen molar-refractivity contribution in [2.45, 2.75) is 18.6 Å². The van der Waals surface area contributed by atoms with Crippen LogP contribution in [0.1, 0.15) is 15.9 Å². The molecule has 3 aliphatic heterocycles. The summed E-state index contributed by atoms with van der Waals surface area (Å²) in [7, 11) is 0. The largest absolute Gasteiger partial charge is 0.480 e. The van der Waals surface area contributed by atoms with Crippen LogP contribution in [0.3, 0.4) is 0 Å². The zero-order valence-electron chi connectivity index (χ0n) is 16.0. The summed E-state index contributed by atoms with van der Waals surface area (Å²) in [6.07, 6.45) is 3.41. The van der Waals surface area contributed by atoms with Gasteiger partial charge in [0.1, 0.15) is 5.75 Å². The molecule has 2 fully saturated rings. The molecule has 1 N–H and O–H groups in total. The van der Waals surface area contributed by atoms with Gasteiger partial charge in [0.05, 0.1) is 12.7 Å². The third kappa shape index (κ3) is 3.46. The number of hydrogen-bond acceptors (Lipinski definition) is 5. The van der Waals surface area contributed by atoms with Gasteiger partial charge in [-0.15, -0.1) is 0 Å². The maximum Gasteiger partial charge on any atom is 0.264 e. The van der Waals surface area contributed by atoms with E-state index in [4.69, 9.17) is 9.47 Å². The van der Waals surface area contributed by atoms with Crippen molar-refractivity contribution in [3.05, 3.63) is 59.9 Å². The summed E-state index contributed by atoms with van der Waals surface area (Å²) in [5.74, 6) is 1.15. The molecule has 3 aliphatic rings. The zero-order valence-corrected chi connectivity index (χ0v) is 16.0. The fourth-order valence-corrected chi connectivity index (χ4v) is 4.54. The Morgan fingerprint density at radius 3 is 2.79 bits per heavy atom. The number of hydrogen-bond donors (Lipinski definition) is 1. The molecule has 2 aromatic rings. The van der Waals surface area contributed by atoms with E-state index in [1.807, 2.05) is 29.2 Å². The summed E-state index contributed by atoms with van der Waals surface area (Å²) in [6, 6.07) is 11.2. The Morgan fingerprint density at radius 2 is 1.97 bits per heavy atom. The highest BCUT2D eigenvalue weighted by molar-refractivity contribution is 5.93. The van der Waals surface area contributed by atoms with Crippen LogP contribution in [0.15, 0.2) is 48.8 Å². The summed E-state index contributed by atoms with van der Waals surface area (Å²) in [5.41, 5.74) is 1.68. The molecule has 29 heavy (non-hydrogen) atoms. The molecule has 150 valence electrons. The first-order valence-electron chi connectivity index (χ1n) is 10.0. The number of ether oxygens (including phenoxy) is 2. The number of carbonyl (C=O) groups excluding carboxylic acids is 2. The monoisotopic (exact) mass is 393 g/mol. The van der Waals surface area contributed by atoms with Gasteiger partial charge in [0.25, 0.3) is 11.8 Å². The average Bonchev–Trinajstić information content (AvgIpc) is 3.46. The van der Waals surface area contributed by atoms with Gasteiger partial charge in [-0.05, 0) is 23.8 Å². The van der Waals surface area contributed by atoms with Crippen molar-refractivity contribution in [3.8, 4) is 5.75 Å². The Labute approximate surface area is 169 Å². The molecule has 4 atom stereocenters. The van der Waals surface area contributed by atoms with Crippen LogP contribution in [-0.4, -0.2) is 60.1 Å². The van der Waals surface area contributed by atoms with Crippen molar-refractivity contribution in [2.24, 2.45) is 11.8 Å². The van der Waals surface area contributed by atoms with E-state index in [1.54, 1.807) is 24.5 Å². The van der Waals surface area contributed by atoms with Crippen molar-refractivity contribution in [2.75, 3.05) is 26.2 Å².